The Kier molecular flexibility index (Phi) is 5.79. The Bertz CT molecular complexity index is 1200. The van der Waals surface area contributed by atoms with Crippen molar-refractivity contribution < 1.29 is 9.59 Å². The number of piperidine rings is 1. The van der Waals surface area contributed by atoms with Gasteiger partial charge in [0.2, 0.25) is 0 Å². The molecule has 1 saturated heterocycles. The zero-order chi connectivity index (χ0) is 23.1. The van der Waals surface area contributed by atoms with Crippen LogP contribution in [0.4, 0.5) is 0 Å². The van der Waals surface area contributed by atoms with Crippen LogP contribution in [0.3, 0.4) is 0 Å². The molecule has 5 rings (SSSR count). The molecule has 1 aliphatic heterocycles. The fraction of sp³-hybridized carbons (Fsp3) is 0.370. The topological polar surface area (TPSA) is 62.3 Å². The predicted molar refractivity (Wildman–Crippen MR) is 132 cm³/mol. The summed E-state index contributed by atoms with van der Waals surface area (Å²) in [7, 11) is 0. The zero-order valence-corrected chi connectivity index (χ0v) is 20.1. The fourth-order valence-electron chi connectivity index (χ4n) is 4.98. The molecule has 2 fully saturated rings. The van der Waals surface area contributed by atoms with E-state index in [0.717, 1.165) is 40.4 Å². The van der Waals surface area contributed by atoms with Gasteiger partial charge in [0.25, 0.3) is 11.8 Å². The Morgan fingerprint density at radius 2 is 1.88 bits per heavy atom. The molecule has 0 unspecified atom stereocenters. The van der Waals surface area contributed by atoms with Gasteiger partial charge in [0.15, 0.2) is 0 Å². The molecule has 1 N–H and O–H groups in total. The van der Waals surface area contributed by atoms with Gasteiger partial charge < -0.3 is 10.2 Å². The summed E-state index contributed by atoms with van der Waals surface area (Å²) in [5.74, 6) is 0.912. The van der Waals surface area contributed by atoms with Gasteiger partial charge in [0.05, 0.1) is 15.9 Å². The predicted octanol–water partition coefficient (Wildman–Crippen LogP) is 4.88. The van der Waals surface area contributed by atoms with Crippen molar-refractivity contribution in [3.8, 4) is 10.4 Å². The number of fused-ring (bicyclic) bond motifs is 1. The minimum absolute atomic E-state index is 0.0173. The van der Waals surface area contributed by atoms with Crippen LogP contribution in [-0.2, 0) is 6.42 Å². The molecule has 0 spiro atoms. The highest BCUT2D eigenvalue weighted by molar-refractivity contribution is 7.15. The smallest absolute Gasteiger partial charge is 0.274 e. The monoisotopic (exact) mass is 459 g/mol. The van der Waals surface area contributed by atoms with E-state index in [2.05, 4.69) is 36.3 Å². The van der Waals surface area contributed by atoms with Crippen molar-refractivity contribution in [2.75, 3.05) is 13.1 Å². The first-order valence-electron chi connectivity index (χ1n) is 11.7. The summed E-state index contributed by atoms with van der Waals surface area (Å²) in [6.45, 7) is 7.34. The normalized spacial score (nSPS) is 21.1. The Morgan fingerprint density at radius 1 is 1.12 bits per heavy atom. The summed E-state index contributed by atoms with van der Waals surface area (Å²) < 4.78 is 0. The number of carbonyl (C=O) groups excluding carboxylic acids is 2. The van der Waals surface area contributed by atoms with Crippen LogP contribution < -0.4 is 5.32 Å². The standard InChI is InChI=1S/C27H29N3O2S/c1-4-18-9-11-19(12-10-18)26(31)28-14-23-22-13-20(22)15-30(23)27(32)24-25(33-17(3)29-24)21-8-6-5-7-16(21)2/h5-12,20,22-23H,4,13-15H2,1-3H3,(H,28,31)/t20-,22-,23-/m1/s1. The number of aromatic nitrogens is 1. The molecule has 2 heterocycles. The molecule has 3 atom stereocenters. The van der Waals surface area contributed by atoms with Crippen LogP contribution in [0.15, 0.2) is 48.5 Å². The molecule has 6 heteroatoms. The molecule has 1 aliphatic carbocycles. The van der Waals surface area contributed by atoms with E-state index < -0.39 is 0 Å². The SMILES string of the molecule is CCc1ccc(C(=O)NC[C@@H]2[C@@H]3C[C@@H]3CN2C(=O)c2nc(C)sc2-c2ccccc2C)cc1. The molecular weight excluding hydrogens is 430 g/mol. The number of nitrogens with one attached hydrogen (secondary N) is 1. The lowest BCUT2D eigenvalue weighted by Gasteiger charge is -2.27. The number of thiazole rings is 1. The van der Waals surface area contributed by atoms with E-state index in [9.17, 15) is 9.59 Å². The second-order valence-corrected chi connectivity index (χ2v) is 10.4. The van der Waals surface area contributed by atoms with Crippen molar-refractivity contribution >= 4 is 23.2 Å². The molecular formula is C27H29N3O2S. The first-order chi connectivity index (χ1) is 16.0. The van der Waals surface area contributed by atoms with Gasteiger partial charge in [-0.3, -0.25) is 9.59 Å². The van der Waals surface area contributed by atoms with Crippen LogP contribution >= 0.6 is 11.3 Å². The molecule has 1 aromatic heterocycles. The van der Waals surface area contributed by atoms with Crippen molar-refractivity contribution in [3.05, 3.63) is 75.9 Å². The summed E-state index contributed by atoms with van der Waals surface area (Å²) in [6.07, 6.45) is 2.08. The Morgan fingerprint density at radius 3 is 2.61 bits per heavy atom. The number of nitrogens with zero attached hydrogens (tertiary/aromatic N) is 2. The first kappa shape index (κ1) is 21.8. The molecule has 2 amide bonds. The molecule has 5 nitrogen and oxygen atoms in total. The second kappa shape index (κ2) is 8.75. The van der Waals surface area contributed by atoms with Gasteiger partial charge in [-0.2, -0.15) is 0 Å². The van der Waals surface area contributed by atoms with E-state index in [1.807, 2.05) is 48.2 Å². The molecule has 170 valence electrons. The van der Waals surface area contributed by atoms with Crippen LogP contribution in [0.1, 0.15) is 50.3 Å². The number of likely N-dealkylation sites (tertiary alicyclic amines) is 1. The number of hydrogen-bond donors (Lipinski definition) is 1. The molecule has 0 radical (unpaired) electrons. The van der Waals surface area contributed by atoms with E-state index in [1.165, 1.54) is 5.56 Å². The molecule has 2 aromatic carbocycles. The minimum atomic E-state index is -0.0840. The van der Waals surface area contributed by atoms with Crippen LogP contribution in [0.2, 0.25) is 0 Å². The number of amides is 2. The van der Waals surface area contributed by atoms with Crippen molar-refractivity contribution in [1.29, 1.82) is 0 Å². The van der Waals surface area contributed by atoms with Gasteiger partial charge in [-0.1, -0.05) is 43.3 Å². The lowest BCUT2D eigenvalue weighted by molar-refractivity contribution is 0.0690. The van der Waals surface area contributed by atoms with Crippen molar-refractivity contribution in [2.45, 2.75) is 39.7 Å². The van der Waals surface area contributed by atoms with Crippen LogP contribution in [0.5, 0.6) is 0 Å². The van der Waals surface area contributed by atoms with Gasteiger partial charge in [-0.15, -0.1) is 11.3 Å². The van der Waals surface area contributed by atoms with Gasteiger partial charge in [0.1, 0.15) is 5.69 Å². The Labute approximate surface area is 198 Å². The highest BCUT2D eigenvalue weighted by Gasteiger charge is 2.54. The summed E-state index contributed by atoms with van der Waals surface area (Å²) in [6, 6.07) is 15.9. The van der Waals surface area contributed by atoms with Crippen molar-refractivity contribution in [1.82, 2.24) is 15.2 Å². The largest absolute Gasteiger partial charge is 0.350 e. The van der Waals surface area contributed by atoms with E-state index in [4.69, 9.17) is 0 Å². The van der Waals surface area contributed by atoms with Gasteiger partial charge >= 0.3 is 0 Å². The molecule has 1 saturated carbocycles. The third-order valence-corrected chi connectivity index (χ3v) is 7.99. The van der Waals surface area contributed by atoms with Gasteiger partial charge in [-0.25, -0.2) is 4.98 Å². The molecule has 3 aromatic rings. The number of benzene rings is 2. The van der Waals surface area contributed by atoms with E-state index in [0.29, 0.717) is 29.6 Å². The van der Waals surface area contributed by atoms with Crippen molar-refractivity contribution in [2.24, 2.45) is 11.8 Å². The average Bonchev–Trinajstić information content (AvgIpc) is 3.35. The summed E-state index contributed by atoms with van der Waals surface area (Å²) in [5, 5.41) is 3.97. The van der Waals surface area contributed by atoms with E-state index in [1.54, 1.807) is 11.3 Å². The lowest BCUT2D eigenvalue weighted by atomic mass is 10.1. The van der Waals surface area contributed by atoms with Gasteiger partial charge in [0, 0.05) is 18.7 Å². The Balaban J connectivity index is 1.34. The minimum Gasteiger partial charge on any atom is -0.350 e. The van der Waals surface area contributed by atoms with Crippen LogP contribution in [0, 0.1) is 25.7 Å². The third kappa shape index (κ3) is 4.20. The van der Waals surface area contributed by atoms with Crippen LogP contribution in [0.25, 0.3) is 10.4 Å². The second-order valence-electron chi connectivity index (χ2n) is 9.17. The number of rotatable bonds is 6. The maximum Gasteiger partial charge on any atom is 0.274 e. The van der Waals surface area contributed by atoms with Crippen molar-refractivity contribution in [3.63, 3.8) is 0 Å². The number of hydrogen-bond acceptors (Lipinski definition) is 4. The molecule has 2 aliphatic rings. The fourth-order valence-corrected chi connectivity index (χ4v) is 5.98. The highest BCUT2D eigenvalue weighted by atomic mass is 32.1. The third-order valence-electron chi connectivity index (χ3n) is 6.99. The summed E-state index contributed by atoms with van der Waals surface area (Å²) in [4.78, 5) is 33.9. The summed E-state index contributed by atoms with van der Waals surface area (Å²) in [5.41, 5.74) is 4.61. The first-order valence-corrected chi connectivity index (χ1v) is 12.5. The van der Waals surface area contributed by atoms with E-state index in [-0.39, 0.29) is 17.9 Å². The number of aryl methyl sites for hydroxylation is 3. The summed E-state index contributed by atoms with van der Waals surface area (Å²) >= 11 is 1.57. The maximum atomic E-state index is 13.7. The van der Waals surface area contributed by atoms with E-state index >= 15 is 0 Å². The lowest BCUT2D eigenvalue weighted by Crippen LogP contribution is -2.45. The Hall–Kier alpha value is -2.99. The molecule has 0 bridgehead atoms. The van der Waals surface area contributed by atoms with Crippen LogP contribution in [-0.4, -0.2) is 40.8 Å². The molecule has 33 heavy (non-hydrogen) atoms. The zero-order valence-electron chi connectivity index (χ0n) is 19.3. The van der Waals surface area contributed by atoms with Gasteiger partial charge in [-0.05, 0) is 67.3 Å². The average molecular weight is 460 g/mol. The maximum absolute atomic E-state index is 13.7. The number of carbonyl (C=O) groups is 2. The highest BCUT2D eigenvalue weighted by Crippen LogP contribution is 2.50. The quantitative estimate of drug-likeness (QED) is 0.571.